The minimum atomic E-state index is -1.58. The van der Waals surface area contributed by atoms with Crippen molar-refractivity contribution >= 4 is 23.7 Å². The molecule has 7 nitrogen and oxygen atoms in total. The minimum absolute atomic E-state index is 0.425. The summed E-state index contributed by atoms with van der Waals surface area (Å²) in [6.07, 6.45) is -0.865. The first-order chi connectivity index (χ1) is 6.27. The van der Waals surface area contributed by atoms with E-state index in [-0.39, 0.29) is 0 Å². The van der Waals surface area contributed by atoms with Crippen LogP contribution in [-0.2, 0) is 19.2 Å². The fourth-order valence-corrected chi connectivity index (χ4v) is 0.327. The van der Waals surface area contributed by atoms with Crippen molar-refractivity contribution in [1.82, 2.24) is 0 Å². The summed E-state index contributed by atoms with van der Waals surface area (Å²) in [6, 6.07) is 0. The van der Waals surface area contributed by atoms with Gasteiger partial charge in [0.15, 0.2) is 0 Å². The first kappa shape index (κ1) is 14.6. The van der Waals surface area contributed by atoms with Gasteiger partial charge in [-0.25, -0.2) is 4.79 Å². The van der Waals surface area contributed by atoms with Gasteiger partial charge in [0.2, 0.25) is 5.78 Å². The number of carbonyl (C=O) groups excluding carboxylic acids is 1. The Labute approximate surface area is 79.0 Å². The molecule has 0 aromatic heterocycles. The van der Waals surface area contributed by atoms with Crippen LogP contribution in [0, 0.1) is 0 Å². The lowest BCUT2D eigenvalue weighted by Crippen LogP contribution is -2.13. The third-order valence-corrected chi connectivity index (χ3v) is 0.804. The molecule has 0 aromatic rings. The average molecular weight is 206 g/mol. The number of carboxylic acid groups (broad SMARTS) is 3. The molecule has 0 radical (unpaired) electrons. The predicted octanol–water partition coefficient (Wildman–Crippen LogP) is -0.404. The summed E-state index contributed by atoms with van der Waals surface area (Å²) in [6.45, 7) is 1.08. The summed E-state index contributed by atoms with van der Waals surface area (Å²) >= 11 is 0. The van der Waals surface area contributed by atoms with Crippen LogP contribution in [0.3, 0.4) is 0 Å². The molecule has 80 valence electrons. The van der Waals surface area contributed by atoms with E-state index in [9.17, 15) is 14.4 Å². The Morgan fingerprint density at radius 2 is 1.29 bits per heavy atom. The van der Waals surface area contributed by atoms with Crippen LogP contribution in [0.5, 0.6) is 0 Å². The van der Waals surface area contributed by atoms with Crippen molar-refractivity contribution in [2.45, 2.75) is 19.8 Å². The van der Waals surface area contributed by atoms with Crippen LogP contribution in [0.1, 0.15) is 19.8 Å². The topological polar surface area (TPSA) is 129 Å². The maximum Gasteiger partial charge on any atom is 0.372 e. The Kier molecular flexibility index (Phi) is 8.04. The fraction of sp³-hybridized carbons (Fsp3) is 0.429. The van der Waals surface area contributed by atoms with Crippen LogP contribution < -0.4 is 0 Å². The van der Waals surface area contributed by atoms with Crippen molar-refractivity contribution in [3.8, 4) is 0 Å². The van der Waals surface area contributed by atoms with Crippen LogP contribution in [0.15, 0.2) is 0 Å². The van der Waals surface area contributed by atoms with Crippen molar-refractivity contribution in [2.24, 2.45) is 0 Å². The molecule has 0 unspecified atom stereocenters. The maximum absolute atomic E-state index is 10.2. The van der Waals surface area contributed by atoms with E-state index in [2.05, 4.69) is 0 Å². The summed E-state index contributed by atoms with van der Waals surface area (Å²) in [4.78, 5) is 38.7. The summed E-state index contributed by atoms with van der Waals surface area (Å²) in [5, 5.41) is 23.4. The minimum Gasteiger partial charge on any atom is -0.481 e. The van der Waals surface area contributed by atoms with Gasteiger partial charge in [0.05, 0.1) is 6.42 Å². The highest BCUT2D eigenvalue weighted by Gasteiger charge is 2.12. The van der Waals surface area contributed by atoms with Crippen LogP contribution in [-0.4, -0.2) is 39.0 Å². The van der Waals surface area contributed by atoms with E-state index in [1.165, 1.54) is 0 Å². The molecule has 0 bridgehead atoms. The number of ketones is 1. The number of Topliss-reactive ketones (excluding diaryl/α,β-unsaturated/α-hetero) is 1. The molecule has 3 N–H and O–H groups in total. The van der Waals surface area contributed by atoms with E-state index in [1.54, 1.807) is 0 Å². The van der Waals surface area contributed by atoms with Gasteiger partial charge >= 0.3 is 11.9 Å². The number of rotatable bonds is 4. The Hall–Kier alpha value is -1.92. The Morgan fingerprint density at radius 1 is 0.929 bits per heavy atom. The normalized spacial score (nSPS) is 8.07. The van der Waals surface area contributed by atoms with Gasteiger partial charge in [0.25, 0.3) is 5.97 Å². The Morgan fingerprint density at radius 3 is 1.50 bits per heavy atom. The van der Waals surface area contributed by atoms with Crippen molar-refractivity contribution < 1.29 is 34.5 Å². The van der Waals surface area contributed by atoms with Gasteiger partial charge in [-0.15, -0.1) is 0 Å². The van der Waals surface area contributed by atoms with E-state index >= 15 is 0 Å². The number of hydrogen-bond donors (Lipinski definition) is 3. The summed E-state index contributed by atoms with van der Waals surface area (Å²) in [5.74, 6) is -4.65. The summed E-state index contributed by atoms with van der Waals surface area (Å²) in [5.41, 5.74) is 0. The monoisotopic (exact) mass is 206 g/mol. The van der Waals surface area contributed by atoms with Crippen molar-refractivity contribution in [2.75, 3.05) is 0 Å². The lowest BCUT2D eigenvalue weighted by atomic mass is 10.2. The zero-order chi connectivity index (χ0) is 11.7. The number of aliphatic carboxylic acids is 3. The molecule has 0 aromatic carbocycles. The second-order valence-corrected chi connectivity index (χ2v) is 2.14. The van der Waals surface area contributed by atoms with Gasteiger partial charge in [-0.3, -0.25) is 14.4 Å². The molecule has 0 aliphatic heterocycles. The van der Waals surface area contributed by atoms with Crippen LogP contribution in [0.2, 0.25) is 0 Å². The summed E-state index contributed by atoms with van der Waals surface area (Å²) in [7, 11) is 0. The number of hydrogen-bond acceptors (Lipinski definition) is 4. The van der Waals surface area contributed by atoms with Gasteiger partial charge < -0.3 is 15.3 Å². The number of carboxylic acids is 3. The fourth-order valence-electron chi connectivity index (χ4n) is 0.327. The van der Waals surface area contributed by atoms with E-state index in [0.717, 1.165) is 6.92 Å². The Bertz CT molecular complexity index is 238. The lowest BCUT2D eigenvalue weighted by Gasteiger charge is -1.88. The largest absolute Gasteiger partial charge is 0.481 e. The molecule has 0 rings (SSSR count). The van der Waals surface area contributed by atoms with Gasteiger partial charge in [-0.05, 0) is 0 Å². The van der Waals surface area contributed by atoms with Crippen molar-refractivity contribution in [3.05, 3.63) is 0 Å². The second kappa shape index (κ2) is 7.71. The Balaban J connectivity index is 0. The molecule has 0 heterocycles. The molecule has 0 aliphatic carbocycles. The van der Waals surface area contributed by atoms with Gasteiger partial charge in [-0.2, -0.15) is 0 Å². The molecule has 0 amide bonds. The highest BCUT2D eigenvalue weighted by atomic mass is 16.4. The van der Waals surface area contributed by atoms with Gasteiger partial charge in [-0.1, -0.05) is 0 Å². The van der Waals surface area contributed by atoms with Crippen LogP contribution in [0.25, 0.3) is 0 Å². The highest BCUT2D eigenvalue weighted by Crippen LogP contribution is 1.89. The SMILES string of the molecule is CC(=O)O.O=C(O)CCC(=O)C(=O)O. The van der Waals surface area contributed by atoms with E-state index in [4.69, 9.17) is 20.1 Å². The molecule has 7 heteroatoms. The zero-order valence-electron chi connectivity index (χ0n) is 7.39. The highest BCUT2D eigenvalue weighted by molar-refractivity contribution is 6.32. The van der Waals surface area contributed by atoms with Gasteiger partial charge in [0.1, 0.15) is 0 Å². The van der Waals surface area contributed by atoms with E-state index in [1.807, 2.05) is 0 Å². The molecule has 0 saturated carbocycles. The van der Waals surface area contributed by atoms with Crippen molar-refractivity contribution in [1.29, 1.82) is 0 Å². The quantitative estimate of drug-likeness (QED) is 0.533. The first-order valence-corrected chi connectivity index (χ1v) is 3.44. The molecule has 0 saturated heterocycles. The average Bonchev–Trinajstić information content (AvgIpc) is 1.98. The molecule has 0 atom stereocenters. The molecular formula is C7H10O7. The maximum atomic E-state index is 10.2. The standard InChI is InChI=1S/C5H6O5.C2H4O2/c6-3(5(9)10)1-2-4(7)8;1-2(3)4/h1-2H2,(H,7,8)(H,9,10);1H3,(H,3,4). The lowest BCUT2D eigenvalue weighted by molar-refractivity contribution is -0.149. The third-order valence-electron chi connectivity index (χ3n) is 0.804. The van der Waals surface area contributed by atoms with E-state index in [0.29, 0.717) is 0 Å². The predicted molar refractivity (Wildman–Crippen MR) is 42.8 cm³/mol. The van der Waals surface area contributed by atoms with Gasteiger partial charge in [0, 0.05) is 13.3 Å². The first-order valence-electron chi connectivity index (χ1n) is 3.44. The van der Waals surface area contributed by atoms with Crippen molar-refractivity contribution in [3.63, 3.8) is 0 Å². The number of carbonyl (C=O) groups is 4. The molecule has 0 spiro atoms. The summed E-state index contributed by atoms with van der Waals surface area (Å²) < 4.78 is 0. The van der Waals surface area contributed by atoms with E-state index < -0.39 is 36.5 Å². The second-order valence-electron chi connectivity index (χ2n) is 2.14. The zero-order valence-corrected chi connectivity index (χ0v) is 7.39. The third kappa shape index (κ3) is 16.6. The van der Waals surface area contributed by atoms with Crippen LogP contribution in [0.4, 0.5) is 0 Å². The van der Waals surface area contributed by atoms with Crippen LogP contribution >= 0.6 is 0 Å². The molecule has 0 fully saturated rings. The molecule has 14 heavy (non-hydrogen) atoms. The molecular weight excluding hydrogens is 196 g/mol. The molecule has 0 aliphatic rings. The smallest absolute Gasteiger partial charge is 0.372 e.